The van der Waals surface area contributed by atoms with E-state index >= 15 is 0 Å². The second-order valence-corrected chi connectivity index (χ2v) is 4.55. The molecule has 2 rings (SSSR count). The van der Waals surface area contributed by atoms with Crippen LogP contribution < -0.4 is 5.73 Å². The minimum Gasteiger partial charge on any atom is -0.398 e. The van der Waals surface area contributed by atoms with E-state index in [1.54, 1.807) is 17.0 Å². The molecule has 1 aliphatic heterocycles. The summed E-state index contributed by atoms with van der Waals surface area (Å²) in [4.78, 5) is 14.0. The monoisotopic (exact) mass is 234 g/mol. The van der Waals surface area contributed by atoms with E-state index in [1.807, 2.05) is 13.0 Å². The number of nitrogen functional groups attached to an aromatic ring is 1. The number of nitrogens with zero attached hydrogens (tertiary/aromatic N) is 1. The van der Waals surface area contributed by atoms with Crippen LogP contribution in [-0.4, -0.2) is 35.1 Å². The fraction of sp³-hybridized carbons (Fsp3) is 0.462. The summed E-state index contributed by atoms with van der Waals surface area (Å²) in [5.74, 6) is -0.0340. The Bertz CT molecular complexity index is 431. The highest BCUT2D eigenvalue weighted by atomic mass is 16.3. The Morgan fingerprint density at radius 3 is 3.00 bits per heavy atom. The van der Waals surface area contributed by atoms with Gasteiger partial charge in [0.25, 0.3) is 5.91 Å². The Kier molecular flexibility index (Phi) is 3.33. The summed E-state index contributed by atoms with van der Waals surface area (Å²) in [6, 6.07) is 5.32. The zero-order valence-electron chi connectivity index (χ0n) is 10.0. The summed E-state index contributed by atoms with van der Waals surface area (Å²) in [6.45, 7) is 2.67. The second kappa shape index (κ2) is 4.75. The predicted octanol–water partition coefficient (Wildman–Crippen LogP) is 1.17. The van der Waals surface area contributed by atoms with E-state index in [0.717, 1.165) is 24.9 Å². The Balaban J connectivity index is 2.21. The van der Waals surface area contributed by atoms with Gasteiger partial charge in [-0.15, -0.1) is 0 Å². The summed E-state index contributed by atoms with van der Waals surface area (Å²) in [5, 5.41) is 9.21. The number of likely N-dealkylation sites (tertiary alicyclic amines) is 1. The molecule has 1 aliphatic rings. The molecule has 1 amide bonds. The smallest absolute Gasteiger partial charge is 0.254 e. The van der Waals surface area contributed by atoms with Gasteiger partial charge in [0, 0.05) is 17.8 Å². The van der Waals surface area contributed by atoms with Crippen molar-refractivity contribution in [1.82, 2.24) is 4.90 Å². The molecule has 3 N–H and O–H groups in total. The maximum atomic E-state index is 12.2. The molecule has 1 fully saturated rings. The van der Waals surface area contributed by atoms with E-state index in [9.17, 15) is 9.90 Å². The third kappa shape index (κ3) is 2.26. The van der Waals surface area contributed by atoms with Gasteiger partial charge in [-0.05, 0) is 37.5 Å². The van der Waals surface area contributed by atoms with Gasteiger partial charge in [-0.3, -0.25) is 4.79 Å². The number of rotatable bonds is 2. The molecule has 1 heterocycles. The molecule has 92 valence electrons. The van der Waals surface area contributed by atoms with Crippen LogP contribution >= 0.6 is 0 Å². The van der Waals surface area contributed by atoms with E-state index in [0.29, 0.717) is 11.3 Å². The number of carbonyl (C=O) groups excluding carboxylic acids is 1. The number of hydrogen-bond donors (Lipinski definition) is 2. The topological polar surface area (TPSA) is 66.6 Å². The van der Waals surface area contributed by atoms with Crippen LogP contribution in [0.3, 0.4) is 0 Å². The van der Waals surface area contributed by atoms with Crippen molar-refractivity contribution >= 4 is 11.6 Å². The quantitative estimate of drug-likeness (QED) is 0.755. The molecular formula is C13H18N2O2. The Morgan fingerprint density at radius 2 is 2.35 bits per heavy atom. The Labute approximate surface area is 101 Å². The largest absolute Gasteiger partial charge is 0.398 e. The maximum Gasteiger partial charge on any atom is 0.254 e. The first kappa shape index (κ1) is 11.9. The van der Waals surface area contributed by atoms with Crippen LogP contribution in [0, 0.1) is 6.92 Å². The van der Waals surface area contributed by atoms with Crippen LogP contribution in [0.4, 0.5) is 5.69 Å². The van der Waals surface area contributed by atoms with Crippen molar-refractivity contribution in [3.8, 4) is 0 Å². The highest BCUT2D eigenvalue weighted by molar-refractivity contribution is 5.95. The lowest BCUT2D eigenvalue weighted by molar-refractivity contribution is 0.0677. The number of benzene rings is 1. The molecule has 0 saturated carbocycles. The first-order valence-corrected chi connectivity index (χ1v) is 5.91. The zero-order chi connectivity index (χ0) is 12.4. The van der Waals surface area contributed by atoms with Gasteiger partial charge in [0.05, 0.1) is 12.6 Å². The third-order valence-corrected chi connectivity index (χ3v) is 3.37. The first-order valence-electron chi connectivity index (χ1n) is 5.91. The fourth-order valence-electron chi connectivity index (χ4n) is 2.23. The predicted molar refractivity (Wildman–Crippen MR) is 66.7 cm³/mol. The van der Waals surface area contributed by atoms with Gasteiger partial charge in [0.1, 0.15) is 0 Å². The van der Waals surface area contributed by atoms with E-state index < -0.39 is 0 Å². The maximum absolute atomic E-state index is 12.2. The van der Waals surface area contributed by atoms with Crippen LogP contribution in [0.25, 0.3) is 0 Å². The molecular weight excluding hydrogens is 216 g/mol. The van der Waals surface area contributed by atoms with E-state index in [2.05, 4.69) is 0 Å². The van der Waals surface area contributed by atoms with Crippen molar-refractivity contribution in [2.24, 2.45) is 0 Å². The van der Waals surface area contributed by atoms with Gasteiger partial charge in [-0.1, -0.05) is 6.07 Å². The lowest BCUT2D eigenvalue weighted by Gasteiger charge is -2.23. The van der Waals surface area contributed by atoms with E-state index in [1.165, 1.54) is 0 Å². The lowest BCUT2D eigenvalue weighted by Crippen LogP contribution is -2.37. The molecule has 1 saturated heterocycles. The summed E-state index contributed by atoms with van der Waals surface area (Å²) in [7, 11) is 0. The number of amides is 1. The van der Waals surface area contributed by atoms with Gasteiger partial charge in [0.2, 0.25) is 0 Å². The zero-order valence-corrected chi connectivity index (χ0v) is 10.0. The summed E-state index contributed by atoms with van der Waals surface area (Å²) >= 11 is 0. The van der Waals surface area contributed by atoms with E-state index in [4.69, 9.17) is 5.73 Å². The lowest BCUT2D eigenvalue weighted by atomic mass is 10.1. The highest BCUT2D eigenvalue weighted by Gasteiger charge is 2.28. The number of aryl methyl sites for hydroxylation is 1. The average molecular weight is 234 g/mol. The van der Waals surface area contributed by atoms with Crippen molar-refractivity contribution in [3.05, 3.63) is 29.3 Å². The first-order chi connectivity index (χ1) is 8.13. The van der Waals surface area contributed by atoms with Gasteiger partial charge in [-0.25, -0.2) is 0 Å². The number of aliphatic hydroxyl groups excluding tert-OH is 1. The Morgan fingerprint density at radius 1 is 1.59 bits per heavy atom. The molecule has 1 aromatic carbocycles. The number of carbonyl (C=O) groups is 1. The van der Waals surface area contributed by atoms with Gasteiger partial charge in [0.15, 0.2) is 0 Å². The summed E-state index contributed by atoms with van der Waals surface area (Å²) in [5.41, 5.74) is 8.02. The van der Waals surface area contributed by atoms with Crippen molar-refractivity contribution in [2.75, 3.05) is 18.9 Å². The van der Waals surface area contributed by atoms with Gasteiger partial charge in [-0.2, -0.15) is 0 Å². The summed E-state index contributed by atoms with van der Waals surface area (Å²) < 4.78 is 0. The minimum atomic E-state index is -0.0370. The number of aliphatic hydroxyl groups is 1. The molecule has 0 spiro atoms. The minimum absolute atomic E-state index is 0.0340. The van der Waals surface area contributed by atoms with Crippen molar-refractivity contribution in [2.45, 2.75) is 25.8 Å². The molecule has 0 aliphatic carbocycles. The van der Waals surface area contributed by atoms with Crippen LogP contribution in [0.2, 0.25) is 0 Å². The highest BCUT2D eigenvalue weighted by Crippen LogP contribution is 2.21. The molecule has 4 nitrogen and oxygen atoms in total. The number of nitrogens with two attached hydrogens (primary N) is 1. The van der Waals surface area contributed by atoms with Crippen molar-refractivity contribution in [1.29, 1.82) is 0 Å². The van der Waals surface area contributed by atoms with Crippen molar-refractivity contribution in [3.63, 3.8) is 0 Å². The van der Waals surface area contributed by atoms with Gasteiger partial charge >= 0.3 is 0 Å². The van der Waals surface area contributed by atoms with Crippen LogP contribution in [-0.2, 0) is 0 Å². The van der Waals surface area contributed by atoms with E-state index in [-0.39, 0.29) is 18.6 Å². The van der Waals surface area contributed by atoms with Crippen LogP contribution in [0.5, 0.6) is 0 Å². The molecule has 0 radical (unpaired) electrons. The third-order valence-electron chi connectivity index (χ3n) is 3.37. The normalized spacial score (nSPS) is 19.6. The molecule has 1 atom stereocenters. The molecule has 0 aromatic heterocycles. The molecule has 0 bridgehead atoms. The second-order valence-electron chi connectivity index (χ2n) is 4.55. The van der Waals surface area contributed by atoms with Gasteiger partial charge < -0.3 is 15.7 Å². The molecule has 17 heavy (non-hydrogen) atoms. The Hall–Kier alpha value is -1.55. The molecule has 1 aromatic rings. The van der Waals surface area contributed by atoms with Crippen LogP contribution in [0.1, 0.15) is 28.8 Å². The van der Waals surface area contributed by atoms with Crippen molar-refractivity contribution < 1.29 is 9.90 Å². The number of hydrogen-bond acceptors (Lipinski definition) is 3. The summed E-state index contributed by atoms with van der Waals surface area (Å²) in [6.07, 6.45) is 1.84. The SMILES string of the molecule is Cc1ccc(C(=O)N2CCC[C@@H]2CO)cc1N. The standard InChI is InChI=1S/C13H18N2O2/c1-9-4-5-10(7-12(9)14)13(17)15-6-2-3-11(15)8-16/h4-5,7,11,16H,2-3,6,8,14H2,1H3/t11-/m1/s1. The molecule has 4 heteroatoms. The fourth-order valence-corrected chi connectivity index (χ4v) is 2.23. The average Bonchev–Trinajstić information content (AvgIpc) is 2.80. The van der Waals surface area contributed by atoms with Crippen LogP contribution in [0.15, 0.2) is 18.2 Å². The number of anilines is 1. The molecule has 0 unspecified atom stereocenters.